The standard InChI is InChI=1S/C28H22N2O4S/c1-33-25-24(17-20(18-29)28(31)32)35-27(26(25)34-2)19-13-15-23(16-14-19)30(21-9-5-3-6-10-21)22-11-7-4-8-12-22/h3-17H,1-2H3,(H,31,32)/b20-17+. The van der Waals surface area contributed by atoms with Gasteiger partial charge in [-0.05, 0) is 48.0 Å². The van der Waals surface area contributed by atoms with Crippen molar-refractivity contribution in [1.29, 1.82) is 5.26 Å². The van der Waals surface area contributed by atoms with Crippen LogP contribution in [-0.2, 0) is 4.79 Å². The summed E-state index contributed by atoms with van der Waals surface area (Å²) in [7, 11) is 3.02. The van der Waals surface area contributed by atoms with Crippen LogP contribution in [0.1, 0.15) is 4.88 Å². The van der Waals surface area contributed by atoms with Crippen LogP contribution in [0.15, 0.2) is 90.5 Å². The van der Waals surface area contributed by atoms with Crippen molar-refractivity contribution in [3.05, 3.63) is 95.4 Å². The van der Waals surface area contributed by atoms with Crippen molar-refractivity contribution in [1.82, 2.24) is 0 Å². The molecule has 0 spiro atoms. The van der Waals surface area contributed by atoms with Crippen LogP contribution in [-0.4, -0.2) is 25.3 Å². The number of thiophene rings is 1. The quantitative estimate of drug-likeness (QED) is 0.217. The van der Waals surface area contributed by atoms with Gasteiger partial charge in [0.1, 0.15) is 11.6 Å². The van der Waals surface area contributed by atoms with E-state index < -0.39 is 5.97 Å². The van der Waals surface area contributed by atoms with E-state index in [1.807, 2.05) is 60.7 Å². The minimum absolute atomic E-state index is 0.379. The summed E-state index contributed by atoms with van der Waals surface area (Å²) in [6, 6.07) is 29.9. The smallest absolute Gasteiger partial charge is 0.346 e. The second-order valence-corrected chi connectivity index (χ2v) is 8.44. The zero-order valence-corrected chi connectivity index (χ0v) is 20.0. The molecule has 7 heteroatoms. The number of ether oxygens (including phenoxy) is 2. The number of carbonyl (C=O) groups is 1. The Morgan fingerprint density at radius 1 is 0.857 bits per heavy atom. The fourth-order valence-electron chi connectivity index (χ4n) is 3.72. The summed E-state index contributed by atoms with van der Waals surface area (Å²) in [5, 5.41) is 18.4. The van der Waals surface area contributed by atoms with Gasteiger partial charge in [0.25, 0.3) is 0 Å². The van der Waals surface area contributed by atoms with Crippen LogP contribution in [0.3, 0.4) is 0 Å². The Morgan fingerprint density at radius 3 is 1.83 bits per heavy atom. The first-order chi connectivity index (χ1) is 17.1. The van der Waals surface area contributed by atoms with E-state index in [0.29, 0.717) is 16.4 Å². The first-order valence-corrected chi connectivity index (χ1v) is 11.5. The number of para-hydroxylation sites is 2. The van der Waals surface area contributed by atoms with E-state index in [1.54, 1.807) is 6.07 Å². The van der Waals surface area contributed by atoms with Crippen LogP contribution in [0, 0.1) is 11.3 Å². The predicted molar refractivity (Wildman–Crippen MR) is 139 cm³/mol. The first kappa shape index (κ1) is 23.6. The molecule has 174 valence electrons. The molecule has 0 radical (unpaired) electrons. The molecular formula is C28H22N2O4S. The van der Waals surface area contributed by atoms with Gasteiger partial charge in [-0.3, -0.25) is 0 Å². The Labute approximate surface area is 207 Å². The van der Waals surface area contributed by atoms with Gasteiger partial charge in [0.15, 0.2) is 11.5 Å². The van der Waals surface area contributed by atoms with Crippen molar-refractivity contribution < 1.29 is 19.4 Å². The van der Waals surface area contributed by atoms with Crippen LogP contribution in [0.4, 0.5) is 17.1 Å². The van der Waals surface area contributed by atoms with Crippen molar-refractivity contribution in [2.24, 2.45) is 0 Å². The van der Waals surface area contributed by atoms with Crippen LogP contribution in [0.2, 0.25) is 0 Å². The van der Waals surface area contributed by atoms with Gasteiger partial charge in [0, 0.05) is 17.1 Å². The number of nitrogens with zero attached hydrogens (tertiary/aromatic N) is 2. The molecular weight excluding hydrogens is 460 g/mol. The van der Waals surface area contributed by atoms with E-state index in [-0.39, 0.29) is 5.57 Å². The van der Waals surface area contributed by atoms with E-state index in [2.05, 4.69) is 29.2 Å². The molecule has 1 heterocycles. The summed E-state index contributed by atoms with van der Waals surface area (Å²) in [5.41, 5.74) is 3.55. The number of methoxy groups -OCH3 is 2. The first-order valence-electron chi connectivity index (χ1n) is 10.7. The summed E-state index contributed by atoms with van der Waals surface area (Å²) in [5.74, 6) is -0.419. The van der Waals surface area contributed by atoms with Crippen LogP contribution >= 0.6 is 11.3 Å². The van der Waals surface area contributed by atoms with Gasteiger partial charge >= 0.3 is 5.97 Å². The number of carboxylic acid groups (broad SMARTS) is 1. The number of anilines is 3. The van der Waals surface area contributed by atoms with Crippen LogP contribution in [0.5, 0.6) is 11.5 Å². The van der Waals surface area contributed by atoms with E-state index in [1.165, 1.54) is 31.6 Å². The maximum Gasteiger partial charge on any atom is 0.346 e. The molecule has 0 bridgehead atoms. The number of hydrogen-bond acceptors (Lipinski definition) is 6. The minimum atomic E-state index is -1.30. The molecule has 0 saturated carbocycles. The fraction of sp³-hybridized carbons (Fsp3) is 0.0714. The highest BCUT2D eigenvalue weighted by Gasteiger charge is 2.22. The summed E-state index contributed by atoms with van der Waals surface area (Å²) >= 11 is 1.30. The average Bonchev–Trinajstić information content (AvgIpc) is 3.26. The molecule has 1 N–H and O–H groups in total. The lowest BCUT2D eigenvalue weighted by Crippen LogP contribution is -2.09. The third kappa shape index (κ3) is 4.88. The number of rotatable bonds is 8. The zero-order valence-electron chi connectivity index (χ0n) is 19.1. The van der Waals surface area contributed by atoms with Gasteiger partial charge in [-0.15, -0.1) is 11.3 Å². The van der Waals surface area contributed by atoms with Crippen molar-refractivity contribution >= 4 is 40.4 Å². The minimum Gasteiger partial charge on any atom is -0.491 e. The van der Waals surface area contributed by atoms with Gasteiger partial charge in [0.05, 0.1) is 24.0 Å². The number of hydrogen-bond donors (Lipinski definition) is 1. The average molecular weight is 483 g/mol. The molecule has 3 aromatic carbocycles. The second kappa shape index (κ2) is 10.6. The number of carboxylic acids is 1. The molecule has 4 aromatic rings. The van der Waals surface area contributed by atoms with Crippen molar-refractivity contribution in [3.8, 4) is 28.0 Å². The van der Waals surface area contributed by atoms with Crippen LogP contribution < -0.4 is 14.4 Å². The topological polar surface area (TPSA) is 82.8 Å². The highest BCUT2D eigenvalue weighted by molar-refractivity contribution is 7.17. The van der Waals surface area contributed by atoms with E-state index >= 15 is 0 Å². The lowest BCUT2D eigenvalue weighted by molar-refractivity contribution is -0.132. The maximum atomic E-state index is 11.3. The lowest BCUT2D eigenvalue weighted by Gasteiger charge is -2.25. The summed E-state index contributed by atoms with van der Waals surface area (Å²) in [4.78, 5) is 14.8. The van der Waals surface area contributed by atoms with E-state index in [0.717, 1.165) is 27.5 Å². The molecule has 0 atom stereocenters. The number of benzene rings is 3. The van der Waals surface area contributed by atoms with Crippen molar-refractivity contribution in [2.75, 3.05) is 19.1 Å². The predicted octanol–water partition coefficient (Wildman–Crippen LogP) is 6.89. The second-order valence-electron chi connectivity index (χ2n) is 7.39. The molecule has 0 saturated heterocycles. The van der Waals surface area contributed by atoms with Gasteiger partial charge in [-0.25, -0.2) is 4.79 Å². The van der Waals surface area contributed by atoms with Crippen molar-refractivity contribution in [2.45, 2.75) is 0 Å². The largest absolute Gasteiger partial charge is 0.491 e. The van der Waals surface area contributed by atoms with Gasteiger partial charge in [-0.2, -0.15) is 5.26 Å². The van der Waals surface area contributed by atoms with E-state index in [9.17, 15) is 15.2 Å². The third-order valence-corrected chi connectivity index (χ3v) is 6.45. The Bertz CT molecular complexity index is 1350. The number of nitriles is 1. The molecule has 4 rings (SSSR count). The lowest BCUT2D eigenvalue weighted by atomic mass is 10.1. The zero-order chi connectivity index (χ0) is 24.8. The Balaban J connectivity index is 1.78. The third-order valence-electron chi connectivity index (χ3n) is 5.30. The Morgan fingerprint density at radius 2 is 1.37 bits per heavy atom. The molecule has 1 aromatic heterocycles. The SMILES string of the molecule is COc1c(/C=C(\C#N)C(=O)O)sc(-c2ccc(N(c3ccccc3)c3ccccc3)cc2)c1OC. The maximum absolute atomic E-state index is 11.3. The number of aliphatic carboxylic acids is 1. The summed E-state index contributed by atoms with van der Waals surface area (Å²) < 4.78 is 11.1. The van der Waals surface area contributed by atoms with Gasteiger partial charge in [-0.1, -0.05) is 48.5 Å². The highest BCUT2D eigenvalue weighted by atomic mass is 32.1. The summed E-state index contributed by atoms with van der Waals surface area (Å²) in [6.45, 7) is 0. The van der Waals surface area contributed by atoms with E-state index in [4.69, 9.17) is 9.47 Å². The molecule has 0 amide bonds. The van der Waals surface area contributed by atoms with Crippen LogP contribution in [0.25, 0.3) is 16.5 Å². The monoisotopic (exact) mass is 482 g/mol. The molecule has 0 aliphatic rings. The molecule has 0 fully saturated rings. The fourth-order valence-corrected chi connectivity index (χ4v) is 4.91. The highest BCUT2D eigenvalue weighted by Crippen LogP contribution is 2.49. The van der Waals surface area contributed by atoms with Gasteiger partial charge in [0.2, 0.25) is 0 Å². The molecule has 0 unspecified atom stereocenters. The Kier molecular flexibility index (Phi) is 7.15. The summed E-state index contributed by atoms with van der Waals surface area (Å²) in [6.07, 6.45) is 1.30. The molecule has 0 aliphatic heterocycles. The molecule has 35 heavy (non-hydrogen) atoms. The van der Waals surface area contributed by atoms with Gasteiger partial charge < -0.3 is 19.5 Å². The Hall–Kier alpha value is -4.54. The molecule has 0 aliphatic carbocycles. The normalized spacial score (nSPS) is 10.9. The molecule has 6 nitrogen and oxygen atoms in total. The van der Waals surface area contributed by atoms with Crippen molar-refractivity contribution in [3.63, 3.8) is 0 Å².